The van der Waals surface area contributed by atoms with Crippen molar-refractivity contribution in [3.8, 4) is 0 Å². The van der Waals surface area contributed by atoms with Crippen LogP contribution < -0.4 is 5.73 Å². The summed E-state index contributed by atoms with van der Waals surface area (Å²) in [6.07, 6.45) is 4.00. The van der Waals surface area contributed by atoms with Crippen molar-refractivity contribution in [2.45, 2.75) is 25.8 Å². The zero-order valence-electron chi connectivity index (χ0n) is 9.36. The van der Waals surface area contributed by atoms with Gasteiger partial charge in [0, 0.05) is 19.0 Å². The van der Waals surface area contributed by atoms with Gasteiger partial charge in [0.25, 0.3) is 0 Å². The minimum atomic E-state index is 0.563. The number of furan rings is 1. The molecule has 2 N–H and O–H groups in total. The highest BCUT2D eigenvalue weighted by molar-refractivity contribution is 5.00. The summed E-state index contributed by atoms with van der Waals surface area (Å²) in [4.78, 5) is 2.51. The second-order valence-electron chi connectivity index (χ2n) is 4.52. The zero-order valence-corrected chi connectivity index (χ0v) is 9.36. The van der Waals surface area contributed by atoms with Crippen LogP contribution in [0.25, 0.3) is 0 Å². The lowest BCUT2D eigenvalue weighted by molar-refractivity contribution is 0.239. The van der Waals surface area contributed by atoms with E-state index in [9.17, 15) is 0 Å². The van der Waals surface area contributed by atoms with Gasteiger partial charge in [-0.05, 0) is 44.5 Å². The van der Waals surface area contributed by atoms with Gasteiger partial charge in [-0.1, -0.05) is 0 Å². The summed E-state index contributed by atoms with van der Waals surface area (Å²) in [5, 5.41) is 0. The van der Waals surface area contributed by atoms with Gasteiger partial charge in [0.1, 0.15) is 5.76 Å². The van der Waals surface area contributed by atoms with Crippen molar-refractivity contribution in [1.29, 1.82) is 0 Å². The molecule has 0 amide bonds. The van der Waals surface area contributed by atoms with E-state index in [2.05, 4.69) is 11.8 Å². The van der Waals surface area contributed by atoms with E-state index in [4.69, 9.17) is 10.2 Å². The van der Waals surface area contributed by atoms with Crippen LogP contribution in [0.4, 0.5) is 0 Å². The predicted molar refractivity (Wildman–Crippen MR) is 60.6 cm³/mol. The van der Waals surface area contributed by atoms with E-state index in [1.807, 2.05) is 12.1 Å². The molecule has 2 heterocycles. The second kappa shape index (κ2) is 4.81. The summed E-state index contributed by atoms with van der Waals surface area (Å²) < 4.78 is 5.37. The molecule has 2 rings (SSSR count). The minimum Gasteiger partial charge on any atom is -0.469 e. The fourth-order valence-corrected chi connectivity index (χ4v) is 2.30. The molecular formula is C12H20N2O. The summed E-state index contributed by atoms with van der Waals surface area (Å²) in [6.45, 7) is 5.42. The highest BCUT2D eigenvalue weighted by atomic mass is 16.3. The van der Waals surface area contributed by atoms with Crippen molar-refractivity contribution in [2.75, 3.05) is 19.6 Å². The maximum Gasteiger partial charge on any atom is 0.105 e. The first kappa shape index (κ1) is 10.7. The van der Waals surface area contributed by atoms with Crippen LogP contribution in [0.3, 0.4) is 0 Å². The van der Waals surface area contributed by atoms with E-state index in [1.54, 1.807) is 6.26 Å². The van der Waals surface area contributed by atoms with Crippen molar-refractivity contribution in [1.82, 2.24) is 4.90 Å². The van der Waals surface area contributed by atoms with Gasteiger partial charge in [-0.25, -0.2) is 0 Å². The smallest absolute Gasteiger partial charge is 0.105 e. The molecule has 0 spiro atoms. The molecule has 1 saturated heterocycles. The largest absolute Gasteiger partial charge is 0.469 e. The first-order chi connectivity index (χ1) is 7.29. The van der Waals surface area contributed by atoms with Crippen molar-refractivity contribution in [2.24, 2.45) is 11.7 Å². The lowest BCUT2D eigenvalue weighted by atomic mass is 10.1. The van der Waals surface area contributed by atoms with Gasteiger partial charge >= 0.3 is 0 Å². The summed E-state index contributed by atoms with van der Waals surface area (Å²) in [5.41, 5.74) is 5.69. The predicted octanol–water partition coefficient (Wildman–Crippen LogP) is 1.49. The summed E-state index contributed by atoms with van der Waals surface area (Å²) in [7, 11) is 0. The Bertz CT molecular complexity index is 284. The average molecular weight is 208 g/mol. The number of likely N-dealkylation sites (tertiary alicyclic amines) is 1. The number of nitrogens with zero attached hydrogens (tertiary/aromatic N) is 1. The summed E-state index contributed by atoms with van der Waals surface area (Å²) in [5.74, 6) is 1.78. The highest BCUT2D eigenvalue weighted by Gasteiger charge is 2.25. The first-order valence-corrected chi connectivity index (χ1v) is 5.76. The van der Waals surface area contributed by atoms with E-state index in [0.717, 1.165) is 25.3 Å². The first-order valence-electron chi connectivity index (χ1n) is 5.76. The minimum absolute atomic E-state index is 0.563. The third-order valence-electron chi connectivity index (χ3n) is 3.35. The van der Waals surface area contributed by atoms with Crippen LogP contribution in [0.5, 0.6) is 0 Å². The standard InChI is InChI=1S/C12H20N2O/c1-10(7-12-3-2-6-15-12)14-5-4-11(8-13)9-14/h2-3,6,10-11H,4-5,7-9,13H2,1H3. The van der Waals surface area contributed by atoms with Crippen LogP contribution in [-0.2, 0) is 6.42 Å². The fourth-order valence-electron chi connectivity index (χ4n) is 2.30. The molecule has 3 nitrogen and oxygen atoms in total. The summed E-state index contributed by atoms with van der Waals surface area (Å²) in [6, 6.07) is 4.56. The zero-order chi connectivity index (χ0) is 10.7. The van der Waals surface area contributed by atoms with Crippen LogP contribution in [0.2, 0.25) is 0 Å². The number of hydrogen-bond donors (Lipinski definition) is 1. The molecule has 0 radical (unpaired) electrons. The van der Waals surface area contributed by atoms with Crippen molar-refractivity contribution >= 4 is 0 Å². The van der Waals surface area contributed by atoms with Gasteiger partial charge in [-0.15, -0.1) is 0 Å². The number of rotatable bonds is 4. The van der Waals surface area contributed by atoms with Crippen LogP contribution >= 0.6 is 0 Å². The summed E-state index contributed by atoms with van der Waals surface area (Å²) >= 11 is 0. The molecule has 0 aliphatic carbocycles. The monoisotopic (exact) mass is 208 g/mol. The fraction of sp³-hybridized carbons (Fsp3) is 0.667. The van der Waals surface area contributed by atoms with Crippen LogP contribution in [0, 0.1) is 5.92 Å². The maximum absolute atomic E-state index is 5.69. The molecule has 3 heteroatoms. The molecule has 84 valence electrons. The Labute approximate surface area is 91.2 Å². The number of hydrogen-bond acceptors (Lipinski definition) is 3. The molecule has 2 atom stereocenters. The molecule has 1 aliphatic heterocycles. The Balaban J connectivity index is 1.84. The molecule has 1 aliphatic rings. The third-order valence-corrected chi connectivity index (χ3v) is 3.35. The van der Waals surface area contributed by atoms with Crippen molar-refractivity contribution < 1.29 is 4.42 Å². The highest BCUT2D eigenvalue weighted by Crippen LogP contribution is 2.19. The van der Waals surface area contributed by atoms with Gasteiger partial charge in [0.05, 0.1) is 6.26 Å². The maximum atomic E-state index is 5.69. The number of nitrogens with two attached hydrogens (primary N) is 1. The van der Waals surface area contributed by atoms with Gasteiger partial charge in [-0.3, -0.25) is 4.90 Å². The van der Waals surface area contributed by atoms with Gasteiger partial charge in [0.2, 0.25) is 0 Å². The molecule has 0 aromatic carbocycles. The SMILES string of the molecule is CC(Cc1ccco1)N1CCC(CN)C1. The average Bonchev–Trinajstić information content (AvgIpc) is 2.86. The Kier molecular flexibility index (Phi) is 3.44. The van der Waals surface area contributed by atoms with Gasteiger partial charge in [-0.2, -0.15) is 0 Å². The van der Waals surface area contributed by atoms with E-state index in [-0.39, 0.29) is 0 Å². The lowest BCUT2D eigenvalue weighted by Gasteiger charge is -2.23. The van der Waals surface area contributed by atoms with E-state index < -0.39 is 0 Å². The molecule has 2 unspecified atom stereocenters. The normalized spacial score (nSPS) is 24.5. The van der Waals surface area contributed by atoms with Crippen molar-refractivity contribution in [3.05, 3.63) is 24.2 Å². The van der Waals surface area contributed by atoms with E-state index in [0.29, 0.717) is 12.0 Å². The Morgan fingerprint density at radius 1 is 1.67 bits per heavy atom. The van der Waals surface area contributed by atoms with E-state index in [1.165, 1.54) is 13.0 Å². The third kappa shape index (κ3) is 2.61. The lowest BCUT2D eigenvalue weighted by Crippen LogP contribution is -2.33. The van der Waals surface area contributed by atoms with Gasteiger partial charge in [0.15, 0.2) is 0 Å². The molecule has 0 bridgehead atoms. The van der Waals surface area contributed by atoms with Gasteiger partial charge < -0.3 is 10.2 Å². The second-order valence-corrected chi connectivity index (χ2v) is 4.52. The Morgan fingerprint density at radius 2 is 2.53 bits per heavy atom. The van der Waals surface area contributed by atoms with Crippen LogP contribution in [0.15, 0.2) is 22.8 Å². The molecular weight excluding hydrogens is 188 g/mol. The topological polar surface area (TPSA) is 42.4 Å². The molecule has 1 fully saturated rings. The van der Waals surface area contributed by atoms with Crippen LogP contribution in [-0.4, -0.2) is 30.6 Å². The Hall–Kier alpha value is -0.800. The molecule has 1 aromatic heterocycles. The Morgan fingerprint density at radius 3 is 3.13 bits per heavy atom. The molecule has 15 heavy (non-hydrogen) atoms. The molecule has 0 saturated carbocycles. The van der Waals surface area contributed by atoms with Crippen LogP contribution in [0.1, 0.15) is 19.1 Å². The van der Waals surface area contributed by atoms with Crippen molar-refractivity contribution in [3.63, 3.8) is 0 Å². The molecule has 1 aromatic rings. The van der Waals surface area contributed by atoms with E-state index >= 15 is 0 Å². The quantitative estimate of drug-likeness (QED) is 0.815.